The van der Waals surface area contributed by atoms with Gasteiger partial charge in [0.15, 0.2) is 18.1 Å². The lowest BCUT2D eigenvalue weighted by Gasteiger charge is -2.23. The zero-order chi connectivity index (χ0) is 20.5. The Labute approximate surface area is 169 Å². The summed E-state index contributed by atoms with van der Waals surface area (Å²) in [6.45, 7) is 2.83. The van der Waals surface area contributed by atoms with E-state index in [0.717, 1.165) is 29.7 Å². The zero-order valence-corrected chi connectivity index (χ0v) is 16.6. The van der Waals surface area contributed by atoms with Crippen molar-refractivity contribution in [2.75, 3.05) is 26.9 Å². The second-order valence-electron chi connectivity index (χ2n) is 6.25. The third kappa shape index (κ3) is 5.54. The number of hydrogen-bond acceptors (Lipinski definition) is 7. The summed E-state index contributed by atoms with van der Waals surface area (Å²) >= 11 is 0. The van der Waals surface area contributed by atoms with E-state index >= 15 is 0 Å². The number of pyridine rings is 1. The van der Waals surface area contributed by atoms with Gasteiger partial charge < -0.3 is 14.3 Å². The number of ether oxygens (including phenoxy) is 2. The number of oxime groups is 1. The molecule has 1 aromatic carbocycles. The fraction of sp³-hybridized carbons (Fsp3) is 0.333. The van der Waals surface area contributed by atoms with Gasteiger partial charge in [-0.15, -0.1) is 0 Å². The number of carbonyl (C=O) groups is 1. The molecule has 0 radical (unpaired) electrons. The van der Waals surface area contributed by atoms with Crippen molar-refractivity contribution in [1.29, 1.82) is 0 Å². The molecule has 8 nitrogen and oxygen atoms in total. The highest BCUT2D eigenvalue weighted by Crippen LogP contribution is 2.29. The second-order valence-corrected chi connectivity index (χ2v) is 6.25. The predicted molar refractivity (Wildman–Crippen MR) is 109 cm³/mol. The van der Waals surface area contributed by atoms with Gasteiger partial charge in [-0.1, -0.05) is 5.16 Å². The maximum atomic E-state index is 12.4. The first kappa shape index (κ1) is 20.3. The zero-order valence-electron chi connectivity index (χ0n) is 16.6. The Morgan fingerprint density at radius 2 is 2.07 bits per heavy atom. The molecule has 0 saturated carbocycles. The molecule has 0 aliphatic carbocycles. The van der Waals surface area contributed by atoms with Crippen LogP contribution in [-0.4, -0.2) is 54.7 Å². The standard InChI is InChI=1S/C21H24N4O4/c1-3-28-20-13-17(6-7-19(20)27-2)18-5-4-12-25(24-18)21(26)15-29-23-14-16-8-10-22-11-9-16/h6-11,13-14H,3-5,12,15H2,1-2H3. The Kier molecular flexibility index (Phi) is 7.16. The van der Waals surface area contributed by atoms with E-state index in [-0.39, 0.29) is 12.5 Å². The first-order chi connectivity index (χ1) is 14.2. The van der Waals surface area contributed by atoms with Crippen molar-refractivity contribution in [2.45, 2.75) is 19.8 Å². The molecule has 1 amide bonds. The number of methoxy groups -OCH3 is 1. The third-order valence-electron chi connectivity index (χ3n) is 4.28. The molecule has 0 spiro atoms. The Bertz CT molecular complexity index is 884. The molecule has 1 aliphatic heterocycles. The van der Waals surface area contributed by atoms with Crippen LogP contribution in [0.4, 0.5) is 0 Å². The van der Waals surface area contributed by atoms with Gasteiger partial charge in [-0.25, -0.2) is 5.01 Å². The molecule has 0 fully saturated rings. The van der Waals surface area contributed by atoms with Crippen molar-refractivity contribution in [3.05, 3.63) is 53.9 Å². The van der Waals surface area contributed by atoms with Crippen LogP contribution in [0.25, 0.3) is 0 Å². The average Bonchev–Trinajstić information content (AvgIpc) is 2.77. The molecule has 0 saturated heterocycles. The van der Waals surface area contributed by atoms with E-state index in [1.54, 1.807) is 31.6 Å². The van der Waals surface area contributed by atoms with Gasteiger partial charge in [0, 0.05) is 24.5 Å². The number of rotatable bonds is 8. The summed E-state index contributed by atoms with van der Waals surface area (Å²) in [7, 11) is 1.60. The maximum absolute atomic E-state index is 12.4. The van der Waals surface area contributed by atoms with Gasteiger partial charge in [0.2, 0.25) is 0 Å². The van der Waals surface area contributed by atoms with Crippen LogP contribution >= 0.6 is 0 Å². The minimum atomic E-state index is -0.243. The highest BCUT2D eigenvalue weighted by atomic mass is 16.6. The average molecular weight is 396 g/mol. The molecule has 2 heterocycles. The molecule has 152 valence electrons. The van der Waals surface area contributed by atoms with Gasteiger partial charge in [0.05, 0.1) is 25.6 Å². The molecule has 1 aromatic heterocycles. The Morgan fingerprint density at radius 3 is 2.83 bits per heavy atom. The number of nitrogens with zero attached hydrogens (tertiary/aromatic N) is 4. The normalized spacial score (nSPS) is 13.9. The minimum absolute atomic E-state index is 0.175. The van der Waals surface area contributed by atoms with Gasteiger partial charge in [-0.05, 0) is 55.7 Å². The van der Waals surface area contributed by atoms with Gasteiger partial charge in [-0.3, -0.25) is 9.78 Å². The van der Waals surface area contributed by atoms with Crippen molar-refractivity contribution >= 4 is 17.8 Å². The van der Waals surface area contributed by atoms with E-state index in [9.17, 15) is 4.79 Å². The van der Waals surface area contributed by atoms with Crippen LogP contribution in [0.15, 0.2) is 53.0 Å². The van der Waals surface area contributed by atoms with Crippen LogP contribution < -0.4 is 9.47 Å². The van der Waals surface area contributed by atoms with E-state index in [1.807, 2.05) is 25.1 Å². The van der Waals surface area contributed by atoms with Crippen molar-refractivity contribution < 1.29 is 19.1 Å². The highest BCUT2D eigenvalue weighted by molar-refractivity contribution is 6.02. The van der Waals surface area contributed by atoms with E-state index in [1.165, 1.54) is 11.2 Å². The van der Waals surface area contributed by atoms with Crippen LogP contribution in [0.1, 0.15) is 30.9 Å². The Morgan fingerprint density at radius 1 is 1.24 bits per heavy atom. The quantitative estimate of drug-likeness (QED) is 0.506. The van der Waals surface area contributed by atoms with Crippen molar-refractivity contribution in [2.24, 2.45) is 10.3 Å². The van der Waals surface area contributed by atoms with E-state index in [2.05, 4.69) is 15.2 Å². The van der Waals surface area contributed by atoms with Crippen LogP contribution in [0.5, 0.6) is 11.5 Å². The molecule has 0 unspecified atom stereocenters. The molecule has 2 aromatic rings. The monoisotopic (exact) mass is 396 g/mol. The molecule has 8 heteroatoms. The summed E-state index contributed by atoms with van der Waals surface area (Å²) in [6.07, 6.45) is 6.45. The van der Waals surface area contributed by atoms with Crippen LogP contribution in [0.2, 0.25) is 0 Å². The first-order valence-corrected chi connectivity index (χ1v) is 9.45. The molecule has 0 bridgehead atoms. The Hall–Kier alpha value is -3.42. The van der Waals surface area contributed by atoms with Gasteiger partial charge in [0.25, 0.3) is 5.91 Å². The fourth-order valence-electron chi connectivity index (χ4n) is 2.86. The van der Waals surface area contributed by atoms with Crippen molar-refractivity contribution in [3.8, 4) is 11.5 Å². The number of benzene rings is 1. The van der Waals surface area contributed by atoms with E-state index < -0.39 is 0 Å². The number of hydrogen-bond donors (Lipinski definition) is 0. The third-order valence-corrected chi connectivity index (χ3v) is 4.28. The van der Waals surface area contributed by atoms with E-state index in [0.29, 0.717) is 24.7 Å². The summed E-state index contributed by atoms with van der Waals surface area (Å²) in [6, 6.07) is 9.25. The van der Waals surface area contributed by atoms with E-state index in [4.69, 9.17) is 14.3 Å². The van der Waals surface area contributed by atoms with Crippen molar-refractivity contribution in [3.63, 3.8) is 0 Å². The lowest BCUT2D eigenvalue weighted by Crippen LogP contribution is -2.34. The Balaban J connectivity index is 1.64. The van der Waals surface area contributed by atoms with Crippen molar-refractivity contribution in [1.82, 2.24) is 9.99 Å². The second kappa shape index (κ2) is 10.2. The maximum Gasteiger partial charge on any atom is 0.283 e. The topological polar surface area (TPSA) is 85.6 Å². The SMILES string of the molecule is CCOc1cc(C2=NN(C(=O)CON=Cc3ccncc3)CCC2)ccc1OC. The summed E-state index contributed by atoms with van der Waals surface area (Å²) in [5.74, 6) is 1.08. The van der Waals surface area contributed by atoms with Crippen LogP contribution in [0.3, 0.4) is 0 Å². The minimum Gasteiger partial charge on any atom is -0.493 e. The molecule has 0 atom stereocenters. The first-order valence-electron chi connectivity index (χ1n) is 9.45. The lowest BCUT2D eigenvalue weighted by atomic mass is 10.0. The molecular weight excluding hydrogens is 372 g/mol. The number of aromatic nitrogens is 1. The summed E-state index contributed by atoms with van der Waals surface area (Å²) in [5, 5.41) is 9.77. The lowest BCUT2D eigenvalue weighted by molar-refractivity contribution is -0.136. The molecule has 29 heavy (non-hydrogen) atoms. The molecule has 3 rings (SSSR count). The van der Waals surface area contributed by atoms with Gasteiger partial charge in [-0.2, -0.15) is 5.10 Å². The summed E-state index contributed by atoms with van der Waals surface area (Å²) in [4.78, 5) is 21.5. The van der Waals surface area contributed by atoms with Gasteiger partial charge in [0.1, 0.15) is 0 Å². The predicted octanol–water partition coefficient (Wildman–Crippen LogP) is 2.87. The molecular formula is C21H24N4O4. The molecule has 0 N–H and O–H groups in total. The van der Waals surface area contributed by atoms with Gasteiger partial charge >= 0.3 is 0 Å². The highest BCUT2D eigenvalue weighted by Gasteiger charge is 2.20. The van der Waals surface area contributed by atoms with Crippen LogP contribution in [0, 0.1) is 0 Å². The fourth-order valence-corrected chi connectivity index (χ4v) is 2.86. The number of amides is 1. The largest absolute Gasteiger partial charge is 0.493 e. The smallest absolute Gasteiger partial charge is 0.283 e. The molecule has 1 aliphatic rings. The summed E-state index contributed by atoms with van der Waals surface area (Å²) < 4.78 is 11.0. The van der Waals surface area contributed by atoms with Crippen LogP contribution in [-0.2, 0) is 9.63 Å². The summed E-state index contributed by atoms with van der Waals surface area (Å²) in [5.41, 5.74) is 2.58. The number of carbonyl (C=O) groups excluding carboxylic acids is 1. The number of hydrazone groups is 1.